The van der Waals surface area contributed by atoms with E-state index in [4.69, 9.17) is 4.84 Å². The van der Waals surface area contributed by atoms with Crippen molar-refractivity contribution in [3.63, 3.8) is 0 Å². The Labute approximate surface area is 217 Å². The number of oxime groups is 1. The van der Waals surface area contributed by atoms with Crippen molar-refractivity contribution in [3.05, 3.63) is 40.3 Å². The minimum absolute atomic E-state index is 0.0947. The van der Waals surface area contributed by atoms with Crippen LogP contribution in [0.4, 0.5) is 0 Å². The third-order valence-corrected chi connectivity index (χ3v) is 9.50. The standard InChI is InChI=1S/C29H38N4O4/c1-37-31-25(11-12-27(34)35)28-29(36)33(26-8-3-2-7-24(26)30-28)23-16-20-9-10-21(17-23)32(20)22-14-18-5-4-6-19(13-18)15-22/h2-3,7-8,18-23H,4-6,9-17H2,1H3,(H,34,35). The molecule has 4 aliphatic rings. The second-order valence-electron chi connectivity index (χ2n) is 11.7. The number of carboxylic acids is 1. The predicted molar refractivity (Wildman–Crippen MR) is 142 cm³/mol. The fourth-order valence-electron chi connectivity index (χ4n) is 8.18. The average Bonchev–Trinajstić information content (AvgIpc) is 3.15. The number of fused-ring (bicyclic) bond motifs is 5. The van der Waals surface area contributed by atoms with Crippen molar-refractivity contribution in [1.29, 1.82) is 0 Å². The van der Waals surface area contributed by atoms with Gasteiger partial charge in [0, 0.05) is 30.6 Å². The van der Waals surface area contributed by atoms with Gasteiger partial charge in [-0.15, -0.1) is 0 Å². The summed E-state index contributed by atoms with van der Waals surface area (Å²) < 4.78 is 1.95. The summed E-state index contributed by atoms with van der Waals surface area (Å²) in [4.78, 5) is 37.8. The molecule has 0 spiro atoms. The summed E-state index contributed by atoms with van der Waals surface area (Å²) in [5.41, 5.74) is 1.88. The van der Waals surface area contributed by atoms with E-state index in [0.29, 0.717) is 23.8 Å². The molecule has 8 heteroatoms. The maximum atomic E-state index is 14.0. The smallest absolute Gasteiger partial charge is 0.303 e. The summed E-state index contributed by atoms with van der Waals surface area (Å²) in [5.74, 6) is 0.877. The summed E-state index contributed by atoms with van der Waals surface area (Å²) in [7, 11) is 1.41. The van der Waals surface area contributed by atoms with Gasteiger partial charge < -0.3 is 14.5 Å². The van der Waals surface area contributed by atoms with Gasteiger partial charge in [-0.2, -0.15) is 0 Å². The van der Waals surface area contributed by atoms with Crippen LogP contribution < -0.4 is 5.56 Å². The molecule has 4 atom stereocenters. The summed E-state index contributed by atoms with van der Waals surface area (Å²) in [5, 5.41) is 13.3. The van der Waals surface area contributed by atoms with Gasteiger partial charge in [-0.25, -0.2) is 4.98 Å². The summed E-state index contributed by atoms with van der Waals surface area (Å²) in [6.07, 6.45) is 12.7. The van der Waals surface area contributed by atoms with Gasteiger partial charge in [-0.3, -0.25) is 14.5 Å². The molecule has 6 rings (SSSR count). The number of carboxylic acid groups (broad SMARTS) is 1. The van der Waals surface area contributed by atoms with Crippen LogP contribution in [0.1, 0.15) is 88.8 Å². The first-order chi connectivity index (χ1) is 18.0. The number of benzene rings is 1. The van der Waals surface area contributed by atoms with Crippen LogP contribution in [0.15, 0.2) is 34.2 Å². The average molecular weight is 507 g/mol. The normalized spacial score (nSPS) is 32.0. The molecule has 0 radical (unpaired) electrons. The van der Waals surface area contributed by atoms with Gasteiger partial charge in [-0.05, 0) is 68.9 Å². The lowest BCUT2D eigenvalue weighted by atomic mass is 9.69. The molecule has 2 saturated heterocycles. The summed E-state index contributed by atoms with van der Waals surface area (Å²) in [6.45, 7) is 0. The highest BCUT2D eigenvalue weighted by atomic mass is 16.6. The molecular formula is C29H38N4O4. The molecule has 3 heterocycles. The lowest BCUT2D eigenvalue weighted by Gasteiger charge is -2.49. The molecule has 4 fully saturated rings. The Morgan fingerprint density at radius 3 is 2.35 bits per heavy atom. The lowest BCUT2D eigenvalue weighted by Crippen LogP contribution is -2.52. The molecular weight excluding hydrogens is 468 g/mol. The molecule has 2 aromatic rings. The van der Waals surface area contributed by atoms with Crippen molar-refractivity contribution in [2.24, 2.45) is 17.0 Å². The van der Waals surface area contributed by atoms with E-state index in [-0.39, 0.29) is 30.1 Å². The van der Waals surface area contributed by atoms with Gasteiger partial charge in [0.25, 0.3) is 5.56 Å². The van der Waals surface area contributed by atoms with Crippen molar-refractivity contribution in [3.8, 4) is 0 Å². The van der Waals surface area contributed by atoms with Gasteiger partial charge in [0.15, 0.2) is 5.69 Å². The van der Waals surface area contributed by atoms with Crippen LogP contribution in [0.3, 0.4) is 0 Å². The maximum absolute atomic E-state index is 14.0. The Balaban J connectivity index is 1.33. The molecule has 1 aromatic carbocycles. The number of aromatic nitrogens is 2. The molecule has 1 N–H and O–H groups in total. The van der Waals surface area contributed by atoms with Gasteiger partial charge >= 0.3 is 5.97 Å². The zero-order valence-corrected chi connectivity index (χ0v) is 21.7. The Kier molecular flexibility index (Phi) is 6.78. The molecule has 2 aliphatic carbocycles. The van der Waals surface area contributed by atoms with E-state index in [1.54, 1.807) is 0 Å². The van der Waals surface area contributed by atoms with Gasteiger partial charge in [-0.1, -0.05) is 36.6 Å². The van der Waals surface area contributed by atoms with E-state index in [1.165, 1.54) is 58.5 Å². The molecule has 0 amide bonds. The number of aliphatic carboxylic acids is 1. The second-order valence-corrected chi connectivity index (χ2v) is 11.7. The first-order valence-electron chi connectivity index (χ1n) is 14.1. The third kappa shape index (κ3) is 4.69. The van der Waals surface area contributed by atoms with Crippen LogP contribution in [0, 0.1) is 11.8 Å². The number of para-hydroxylation sites is 2. The van der Waals surface area contributed by atoms with Crippen molar-refractivity contribution >= 4 is 22.7 Å². The van der Waals surface area contributed by atoms with Crippen molar-refractivity contribution < 1.29 is 14.7 Å². The number of carbonyl (C=O) groups is 1. The van der Waals surface area contributed by atoms with E-state index >= 15 is 0 Å². The number of nitrogens with zero attached hydrogens (tertiary/aromatic N) is 4. The monoisotopic (exact) mass is 506 g/mol. The molecule has 1 aromatic heterocycles. The quantitative estimate of drug-likeness (QED) is 0.430. The van der Waals surface area contributed by atoms with Gasteiger partial charge in [0.1, 0.15) is 12.8 Å². The number of hydrogen-bond donors (Lipinski definition) is 1. The van der Waals surface area contributed by atoms with E-state index in [1.807, 2.05) is 28.8 Å². The molecule has 2 aliphatic heterocycles. The molecule has 2 saturated carbocycles. The first-order valence-corrected chi connectivity index (χ1v) is 14.1. The lowest BCUT2D eigenvalue weighted by molar-refractivity contribution is -0.136. The Bertz CT molecular complexity index is 1230. The molecule has 37 heavy (non-hydrogen) atoms. The molecule has 8 nitrogen and oxygen atoms in total. The van der Waals surface area contributed by atoms with E-state index in [2.05, 4.69) is 15.0 Å². The van der Waals surface area contributed by atoms with E-state index < -0.39 is 5.97 Å². The first kappa shape index (κ1) is 24.6. The highest BCUT2D eigenvalue weighted by molar-refractivity contribution is 6.00. The second kappa shape index (κ2) is 10.2. The largest absolute Gasteiger partial charge is 0.481 e. The predicted octanol–water partition coefficient (Wildman–Crippen LogP) is 4.75. The van der Waals surface area contributed by atoms with E-state index in [0.717, 1.165) is 35.7 Å². The highest BCUT2D eigenvalue weighted by Crippen LogP contribution is 2.48. The zero-order chi connectivity index (χ0) is 25.5. The van der Waals surface area contributed by atoms with Crippen LogP contribution in [0.5, 0.6) is 0 Å². The van der Waals surface area contributed by atoms with Crippen LogP contribution in [0.25, 0.3) is 11.0 Å². The third-order valence-electron chi connectivity index (χ3n) is 9.50. The number of rotatable bonds is 7. The van der Waals surface area contributed by atoms with Crippen LogP contribution in [-0.2, 0) is 9.63 Å². The summed E-state index contributed by atoms with van der Waals surface area (Å²) >= 11 is 0. The van der Waals surface area contributed by atoms with Crippen molar-refractivity contribution in [1.82, 2.24) is 14.5 Å². The molecule has 198 valence electrons. The molecule has 4 bridgehead atoms. The fourth-order valence-corrected chi connectivity index (χ4v) is 8.18. The van der Waals surface area contributed by atoms with Crippen LogP contribution in [-0.4, -0.2) is 56.5 Å². The number of hydrogen-bond acceptors (Lipinski definition) is 6. The maximum Gasteiger partial charge on any atom is 0.303 e. The van der Waals surface area contributed by atoms with Crippen LogP contribution in [0.2, 0.25) is 0 Å². The van der Waals surface area contributed by atoms with Gasteiger partial charge in [0.05, 0.1) is 17.5 Å². The molecule has 4 unspecified atom stereocenters. The Morgan fingerprint density at radius 1 is 0.973 bits per heavy atom. The Morgan fingerprint density at radius 2 is 1.68 bits per heavy atom. The summed E-state index contributed by atoms with van der Waals surface area (Å²) in [6, 6.07) is 9.63. The van der Waals surface area contributed by atoms with Crippen molar-refractivity contribution in [2.45, 2.75) is 101 Å². The Hall–Kier alpha value is -2.74. The zero-order valence-electron chi connectivity index (χ0n) is 21.7. The minimum atomic E-state index is -0.944. The van der Waals surface area contributed by atoms with Crippen molar-refractivity contribution in [2.75, 3.05) is 7.11 Å². The van der Waals surface area contributed by atoms with Crippen LogP contribution >= 0.6 is 0 Å². The van der Waals surface area contributed by atoms with Gasteiger partial charge in [0.2, 0.25) is 0 Å². The highest BCUT2D eigenvalue weighted by Gasteiger charge is 2.47. The van der Waals surface area contributed by atoms with E-state index in [9.17, 15) is 14.7 Å². The SMILES string of the molecule is CON=C(CCC(=O)O)c1nc2ccccc2n(C2CC3CCC(C2)N3C2CC3CCCC(C3)C2)c1=O. The number of piperidine rings is 1. The fraction of sp³-hybridized carbons (Fsp3) is 0.655. The minimum Gasteiger partial charge on any atom is -0.481 e. The topological polar surface area (TPSA) is 97.0 Å².